The number of rotatable bonds is 6. The second kappa shape index (κ2) is 7.91. The van der Waals surface area contributed by atoms with Crippen LogP contribution in [0.25, 0.3) is 0 Å². The maximum absolute atomic E-state index is 5.48. The third kappa shape index (κ3) is 4.54. The summed E-state index contributed by atoms with van der Waals surface area (Å²) in [5.74, 6) is 0. The molecule has 25 heavy (non-hydrogen) atoms. The molecule has 0 aliphatic rings. The Kier molecular flexibility index (Phi) is 5.63. The van der Waals surface area contributed by atoms with Crippen molar-refractivity contribution in [1.82, 2.24) is 14.7 Å². The number of hydrogen-bond acceptors (Lipinski definition) is 5. The average Bonchev–Trinajstić information content (AvgIpc) is 2.92. The fourth-order valence-corrected chi connectivity index (χ4v) is 3.63. The molecule has 0 unspecified atom stereocenters. The first-order valence-corrected chi connectivity index (χ1v) is 9.39. The van der Waals surface area contributed by atoms with Gasteiger partial charge < -0.3 is 5.32 Å². The highest BCUT2D eigenvalue weighted by molar-refractivity contribution is 7.73. The normalized spacial score (nSPS) is 11.0. The molecule has 3 rings (SSSR count). The molecular weight excluding hydrogens is 348 g/mol. The van der Waals surface area contributed by atoms with E-state index in [9.17, 15) is 0 Å². The van der Waals surface area contributed by atoms with E-state index in [-0.39, 0.29) is 0 Å². The number of aromatic nitrogens is 2. The van der Waals surface area contributed by atoms with E-state index in [0.717, 1.165) is 21.3 Å². The van der Waals surface area contributed by atoms with Gasteiger partial charge in [-0.3, -0.25) is 4.90 Å². The van der Waals surface area contributed by atoms with Gasteiger partial charge in [0.1, 0.15) is 0 Å². The van der Waals surface area contributed by atoms with Gasteiger partial charge in [0, 0.05) is 12.2 Å². The third-order valence-corrected chi connectivity index (χ3v) is 5.35. The van der Waals surface area contributed by atoms with Crippen molar-refractivity contribution >= 4 is 34.4 Å². The van der Waals surface area contributed by atoms with Crippen LogP contribution < -0.4 is 5.32 Å². The van der Waals surface area contributed by atoms with Crippen molar-refractivity contribution in [3.63, 3.8) is 0 Å². The van der Waals surface area contributed by atoms with Crippen molar-refractivity contribution in [2.45, 2.75) is 27.1 Å². The number of benzene rings is 2. The van der Waals surface area contributed by atoms with Crippen LogP contribution in [-0.2, 0) is 13.2 Å². The Morgan fingerprint density at radius 1 is 1.12 bits per heavy atom. The van der Waals surface area contributed by atoms with E-state index in [1.807, 2.05) is 10.7 Å². The molecule has 4 nitrogen and oxygen atoms in total. The van der Waals surface area contributed by atoms with Crippen LogP contribution >= 0.6 is 23.6 Å². The molecule has 1 aromatic heterocycles. The molecule has 0 aliphatic carbocycles. The molecule has 130 valence electrons. The van der Waals surface area contributed by atoms with E-state index < -0.39 is 0 Å². The first-order valence-electron chi connectivity index (χ1n) is 8.16. The summed E-state index contributed by atoms with van der Waals surface area (Å²) < 4.78 is 2.64. The Morgan fingerprint density at radius 3 is 2.64 bits per heavy atom. The second-order valence-electron chi connectivity index (χ2n) is 6.19. The Hall–Kier alpha value is -2.02. The monoisotopic (exact) mass is 370 g/mol. The predicted molar refractivity (Wildman–Crippen MR) is 108 cm³/mol. The molecule has 0 saturated carbocycles. The number of anilines is 2. The standard InChI is InChI=1S/C19H22N4S2/c1-14-8-7-11-17(15(14)2)20-18-21-23(19(24)25-18)13-22(3)12-16-9-5-4-6-10-16/h4-11H,12-13H2,1-3H3,(H,20,21). The highest BCUT2D eigenvalue weighted by Crippen LogP contribution is 2.24. The van der Waals surface area contributed by atoms with Crippen LogP contribution in [0, 0.1) is 17.8 Å². The molecule has 0 fully saturated rings. The van der Waals surface area contributed by atoms with Crippen LogP contribution in [0.4, 0.5) is 10.8 Å². The minimum Gasteiger partial charge on any atom is -0.330 e. The number of nitrogens with zero attached hydrogens (tertiary/aromatic N) is 3. The highest BCUT2D eigenvalue weighted by Gasteiger charge is 2.09. The van der Waals surface area contributed by atoms with Gasteiger partial charge in [-0.25, -0.2) is 4.68 Å². The lowest BCUT2D eigenvalue weighted by Crippen LogP contribution is -2.22. The topological polar surface area (TPSA) is 33.1 Å². The van der Waals surface area contributed by atoms with Gasteiger partial charge >= 0.3 is 0 Å². The molecular formula is C19H22N4S2. The Bertz CT molecular complexity index is 899. The summed E-state index contributed by atoms with van der Waals surface area (Å²) in [5, 5.41) is 8.86. The van der Waals surface area contributed by atoms with Crippen LogP contribution in [0.2, 0.25) is 0 Å². The van der Waals surface area contributed by atoms with Crippen molar-refractivity contribution in [3.8, 4) is 0 Å². The summed E-state index contributed by atoms with van der Waals surface area (Å²) >= 11 is 6.98. The molecule has 0 spiro atoms. The zero-order valence-electron chi connectivity index (χ0n) is 14.7. The summed E-state index contributed by atoms with van der Waals surface area (Å²) in [6, 6.07) is 16.6. The molecule has 0 radical (unpaired) electrons. The maximum Gasteiger partial charge on any atom is 0.209 e. The summed E-state index contributed by atoms with van der Waals surface area (Å²) in [4.78, 5) is 2.20. The second-order valence-corrected chi connectivity index (χ2v) is 7.81. The van der Waals surface area contributed by atoms with Crippen LogP contribution in [0.3, 0.4) is 0 Å². The van der Waals surface area contributed by atoms with E-state index in [4.69, 9.17) is 12.2 Å². The Balaban J connectivity index is 1.70. The zero-order chi connectivity index (χ0) is 17.8. The lowest BCUT2D eigenvalue weighted by Gasteiger charge is -2.16. The fraction of sp³-hybridized carbons (Fsp3) is 0.263. The zero-order valence-corrected chi connectivity index (χ0v) is 16.3. The Morgan fingerprint density at radius 2 is 1.88 bits per heavy atom. The predicted octanol–water partition coefficient (Wildman–Crippen LogP) is 5.12. The van der Waals surface area contributed by atoms with Gasteiger partial charge in [-0.15, -0.1) is 5.10 Å². The summed E-state index contributed by atoms with van der Waals surface area (Å²) in [7, 11) is 2.08. The average molecular weight is 371 g/mol. The van der Waals surface area contributed by atoms with E-state index in [1.54, 1.807) is 0 Å². The fourth-order valence-electron chi connectivity index (χ4n) is 2.62. The van der Waals surface area contributed by atoms with Gasteiger partial charge in [-0.1, -0.05) is 53.8 Å². The number of hydrogen-bond donors (Lipinski definition) is 1. The molecule has 0 amide bonds. The quantitative estimate of drug-likeness (QED) is 0.610. The number of nitrogens with one attached hydrogen (secondary N) is 1. The lowest BCUT2D eigenvalue weighted by atomic mass is 10.1. The van der Waals surface area contributed by atoms with Crippen molar-refractivity contribution in [1.29, 1.82) is 0 Å². The SMILES string of the molecule is Cc1cccc(Nc2nn(CN(C)Cc3ccccc3)c(=S)s2)c1C. The van der Waals surface area contributed by atoms with E-state index >= 15 is 0 Å². The van der Waals surface area contributed by atoms with Crippen LogP contribution in [0.1, 0.15) is 16.7 Å². The molecule has 0 aliphatic heterocycles. The van der Waals surface area contributed by atoms with Crippen LogP contribution in [0.15, 0.2) is 48.5 Å². The Labute approximate surface area is 157 Å². The van der Waals surface area contributed by atoms with E-state index in [2.05, 4.69) is 78.7 Å². The van der Waals surface area contributed by atoms with Gasteiger partial charge in [0.25, 0.3) is 0 Å². The molecule has 2 aromatic carbocycles. The summed E-state index contributed by atoms with van der Waals surface area (Å²) in [6.45, 7) is 5.75. The molecule has 6 heteroatoms. The van der Waals surface area contributed by atoms with E-state index in [1.165, 1.54) is 28.0 Å². The first kappa shape index (κ1) is 17.8. The first-order chi connectivity index (χ1) is 12.0. The summed E-state index contributed by atoms with van der Waals surface area (Å²) in [5.41, 5.74) is 4.85. The van der Waals surface area contributed by atoms with Crippen molar-refractivity contribution in [2.24, 2.45) is 0 Å². The molecule has 0 atom stereocenters. The van der Waals surface area contributed by atoms with Crippen LogP contribution in [-0.4, -0.2) is 21.7 Å². The van der Waals surface area contributed by atoms with Gasteiger partial charge in [-0.05, 0) is 55.9 Å². The molecule has 1 heterocycles. The lowest BCUT2D eigenvalue weighted by molar-refractivity contribution is 0.245. The molecule has 3 aromatic rings. The number of aryl methyl sites for hydroxylation is 1. The molecule has 0 saturated heterocycles. The minimum absolute atomic E-state index is 0.665. The van der Waals surface area contributed by atoms with E-state index in [0.29, 0.717) is 6.67 Å². The smallest absolute Gasteiger partial charge is 0.209 e. The molecule has 0 bridgehead atoms. The molecule has 1 N–H and O–H groups in total. The van der Waals surface area contributed by atoms with Crippen molar-refractivity contribution in [3.05, 3.63) is 69.2 Å². The highest BCUT2D eigenvalue weighted by atomic mass is 32.1. The minimum atomic E-state index is 0.665. The van der Waals surface area contributed by atoms with Gasteiger partial charge in [0.15, 0.2) is 3.95 Å². The maximum atomic E-state index is 5.48. The summed E-state index contributed by atoms with van der Waals surface area (Å²) in [6.07, 6.45) is 0. The van der Waals surface area contributed by atoms with Crippen molar-refractivity contribution in [2.75, 3.05) is 12.4 Å². The van der Waals surface area contributed by atoms with Crippen molar-refractivity contribution < 1.29 is 0 Å². The van der Waals surface area contributed by atoms with Gasteiger partial charge in [0.05, 0.1) is 6.67 Å². The third-order valence-electron chi connectivity index (χ3n) is 4.12. The van der Waals surface area contributed by atoms with Gasteiger partial charge in [0.2, 0.25) is 5.13 Å². The van der Waals surface area contributed by atoms with Crippen LogP contribution in [0.5, 0.6) is 0 Å². The largest absolute Gasteiger partial charge is 0.330 e. The van der Waals surface area contributed by atoms with Gasteiger partial charge in [-0.2, -0.15) is 0 Å².